The van der Waals surface area contributed by atoms with E-state index in [1.165, 1.54) is 11.3 Å². The van der Waals surface area contributed by atoms with Crippen molar-refractivity contribution in [1.29, 1.82) is 0 Å². The van der Waals surface area contributed by atoms with Gasteiger partial charge in [0.2, 0.25) is 0 Å². The van der Waals surface area contributed by atoms with Gasteiger partial charge in [-0.15, -0.1) is 11.3 Å². The summed E-state index contributed by atoms with van der Waals surface area (Å²) in [4.78, 5) is 14.8. The summed E-state index contributed by atoms with van der Waals surface area (Å²) in [5.41, 5.74) is 5.39. The van der Waals surface area contributed by atoms with Gasteiger partial charge in [-0.05, 0) is 6.92 Å². The lowest BCUT2D eigenvalue weighted by Gasteiger charge is -2.01. The standard InChI is InChI=1S/C7H11N3O2S/c1-2-12-6(11)3-9-5-4-13-7(8)10-5/h4,9H,2-3H2,1H3,(H2,8,10). The minimum atomic E-state index is -0.297. The molecule has 0 radical (unpaired) electrons. The Morgan fingerprint density at radius 2 is 2.62 bits per heavy atom. The number of nitrogen functional groups attached to an aromatic ring is 1. The number of ether oxygens (including phenoxy) is 1. The normalized spacial score (nSPS) is 9.62. The molecular formula is C7H11N3O2S. The maximum atomic E-state index is 10.9. The van der Waals surface area contributed by atoms with E-state index < -0.39 is 0 Å². The Balaban J connectivity index is 2.30. The molecule has 72 valence electrons. The predicted octanol–water partition coefficient (Wildman–Crippen LogP) is 0.700. The maximum Gasteiger partial charge on any atom is 0.325 e. The second-order valence-electron chi connectivity index (χ2n) is 2.23. The van der Waals surface area contributed by atoms with E-state index >= 15 is 0 Å². The minimum Gasteiger partial charge on any atom is -0.465 e. The van der Waals surface area contributed by atoms with Crippen LogP contribution in [0.1, 0.15) is 6.92 Å². The van der Waals surface area contributed by atoms with Crippen LogP contribution in [0.2, 0.25) is 0 Å². The van der Waals surface area contributed by atoms with E-state index in [1.54, 1.807) is 12.3 Å². The molecule has 0 bridgehead atoms. The van der Waals surface area contributed by atoms with Crippen molar-refractivity contribution in [3.8, 4) is 0 Å². The van der Waals surface area contributed by atoms with Crippen molar-refractivity contribution >= 4 is 28.3 Å². The lowest BCUT2D eigenvalue weighted by atomic mass is 10.6. The molecule has 0 spiro atoms. The van der Waals surface area contributed by atoms with E-state index in [0.717, 1.165) is 0 Å². The molecule has 13 heavy (non-hydrogen) atoms. The van der Waals surface area contributed by atoms with Gasteiger partial charge in [0.1, 0.15) is 12.4 Å². The number of anilines is 2. The summed E-state index contributed by atoms with van der Waals surface area (Å²) in [5.74, 6) is 0.310. The zero-order chi connectivity index (χ0) is 9.68. The summed E-state index contributed by atoms with van der Waals surface area (Å²) < 4.78 is 4.71. The Morgan fingerprint density at radius 1 is 1.85 bits per heavy atom. The van der Waals surface area contributed by atoms with Crippen LogP contribution in [0.5, 0.6) is 0 Å². The van der Waals surface area contributed by atoms with Crippen molar-refractivity contribution in [3.63, 3.8) is 0 Å². The van der Waals surface area contributed by atoms with Gasteiger partial charge in [-0.1, -0.05) is 0 Å². The van der Waals surface area contributed by atoms with E-state index in [9.17, 15) is 4.79 Å². The summed E-state index contributed by atoms with van der Waals surface area (Å²) in [6.07, 6.45) is 0. The number of carbonyl (C=O) groups excluding carboxylic acids is 1. The minimum absolute atomic E-state index is 0.122. The van der Waals surface area contributed by atoms with E-state index in [2.05, 4.69) is 10.3 Å². The van der Waals surface area contributed by atoms with E-state index in [-0.39, 0.29) is 12.5 Å². The third-order valence-corrected chi connectivity index (χ3v) is 1.92. The molecule has 0 aliphatic carbocycles. The molecular weight excluding hydrogens is 190 g/mol. The van der Waals surface area contributed by atoms with Gasteiger partial charge in [-0.2, -0.15) is 0 Å². The molecule has 1 aromatic heterocycles. The largest absolute Gasteiger partial charge is 0.465 e. The molecule has 1 aromatic rings. The monoisotopic (exact) mass is 201 g/mol. The number of thiazole rings is 1. The van der Waals surface area contributed by atoms with Gasteiger partial charge in [0, 0.05) is 5.38 Å². The number of carbonyl (C=O) groups is 1. The number of nitrogens with zero attached hydrogens (tertiary/aromatic N) is 1. The van der Waals surface area contributed by atoms with Crippen LogP contribution in [-0.2, 0) is 9.53 Å². The predicted molar refractivity (Wildman–Crippen MR) is 51.6 cm³/mol. The average Bonchev–Trinajstić information content (AvgIpc) is 2.49. The fourth-order valence-corrected chi connectivity index (χ4v) is 1.26. The summed E-state index contributed by atoms with van der Waals surface area (Å²) in [7, 11) is 0. The van der Waals surface area contributed by atoms with Gasteiger partial charge in [0.15, 0.2) is 5.13 Å². The fraction of sp³-hybridized carbons (Fsp3) is 0.429. The molecule has 0 unspecified atom stereocenters. The first-order chi connectivity index (χ1) is 6.22. The number of hydrogen-bond donors (Lipinski definition) is 2. The molecule has 0 aliphatic rings. The van der Waals surface area contributed by atoms with Gasteiger partial charge >= 0.3 is 5.97 Å². The molecule has 0 fully saturated rings. The third kappa shape index (κ3) is 3.29. The van der Waals surface area contributed by atoms with Crippen LogP contribution in [-0.4, -0.2) is 24.1 Å². The molecule has 1 heterocycles. The maximum absolute atomic E-state index is 10.9. The van der Waals surface area contributed by atoms with Gasteiger partial charge < -0.3 is 15.8 Å². The quantitative estimate of drug-likeness (QED) is 0.701. The highest BCUT2D eigenvalue weighted by Crippen LogP contribution is 2.14. The van der Waals surface area contributed by atoms with E-state index in [4.69, 9.17) is 10.5 Å². The fourth-order valence-electron chi connectivity index (χ4n) is 0.744. The highest BCUT2D eigenvalue weighted by molar-refractivity contribution is 7.13. The van der Waals surface area contributed by atoms with Crippen LogP contribution in [0.15, 0.2) is 5.38 Å². The van der Waals surface area contributed by atoms with Gasteiger partial charge in [-0.3, -0.25) is 4.79 Å². The Morgan fingerprint density at radius 3 is 3.15 bits per heavy atom. The second-order valence-corrected chi connectivity index (χ2v) is 3.12. The Hall–Kier alpha value is -1.30. The topological polar surface area (TPSA) is 77.2 Å². The van der Waals surface area contributed by atoms with Crippen LogP contribution < -0.4 is 11.1 Å². The molecule has 0 aliphatic heterocycles. The Kier molecular flexibility index (Phi) is 3.51. The van der Waals surface area contributed by atoms with Crippen LogP contribution in [0.3, 0.4) is 0 Å². The summed E-state index contributed by atoms with van der Waals surface area (Å²) in [5, 5.41) is 5.02. The molecule has 1 rings (SSSR count). The van der Waals surface area contributed by atoms with Crippen molar-refractivity contribution in [2.45, 2.75) is 6.92 Å². The molecule has 0 aromatic carbocycles. The lowest BCUT2D eigenvalue weighted by Crippen LogP contribution is -2.16. The summed E-state index contributed by atoms with van der Waals surface area (Å²) >= 11 is 1.32. The van der Waals surface area contributed by atoms with Gasteiger partial charge in [0.25, 0.3) is 0 Å². The van der Waals surface area contributed by atoms with Crippen LogP contribution in [0.4, 0.5) is 10.9 Å². The lowest BCUT2D eigenvalue weighted by molar-refractivity contribution is -0.140. The molecule has 3 N–H and O–H groups in total. The van der Waals surface area contributed by atoms with Crippen molar-refractivity contribution < 1.29 is 9.53 Å². The van der Waals surface area contributed by atoms with Crippen molar-refractivity contribution in [2.24, 2.45) is 0 Å². The Labute approximate surface area is 79.9 Å². The highest BCUT2D eigenvalue weighted by atomic mass is 32.1. The number of hydrogen-bond acceptors (Lipinski definition) is 6. The first kappa shape index (κ1) is 9.79. The average molecular weight is 201 g/mol. The van der Waals surface area contributed by atoms with Gasteiger partial charge in [-0.25, -0.2) is 4.98 Å². The molecule has 0 amide bonds. The van der Waals surface area contributed by atoms with Crippen LogP contribution in [0, 0.1) is 0 Å². The van der Waals surface area contributed by atoms with Crippen molar-refractivity contribution in [2.75, 3.05) is 24.2 Å². The van der Waals surface area contributed by atoms with Gasteiger partial charge in [0.05, 0.1) is 6.61 Å². The molecule has 6 heteroatoms. The molecule has 0 atom stereocenters. The first-order valence-electron chi connectivity index (χ1n) is 3.83. The van der Waals surface area contributed by atoms with E-state index in [0.29, 0.717) is 17.6 Å². The Bertz CT molecular complexity index is 287. The number of nitrogens with one attached hydrogen (secondary N) is 1. The third-order valence-electron chi connectivity index (χ3n) is 1.24. The SMILES string of the molecule is CCOC(=O)CNc1csc(N)n1. The smallest absolute Gasteiger partial charge is 0.325 e. The zero-order valence-electron chi connectivity index (χ0n) is 7.24. The first-order valence-corrected chi connectivity index (χ1v) is 4.71. The second kappa shape index (κ2) is 4.66. The number of nitrogens with two attached hydrogens (primary N) is 1. The molecule has 0 saturated heterocycles. The highest BCUT2D eigenvalue weighted by Gasteiger charge is 2.02. The van der Waals surface area contributed by atoms with Crippen molar-refractivity contribution in [3.05, 3.63) is 5.38 Å². The summed E-state index contributed by atoms with van der Waals surface area (Å²) in [6.45, 7) is 2.27. The number of aromatic nitrogens is 1. The number of rotatable bonds is 4. The number of esters is 1. The van der Waals surface area contributed by atoms with Crippen LogP contribution in [0.25, 0.3) is 0 Å². The zero-order valence-corrected chi connectivity index (χ0v) is 8.06. The van der Waals surface area contributed by atoms with Crippen LogP contribution >= 0.6 is 11.3 Å². The summed E-state index contributed by atoms with van der Waals surface area (Å²) in [6, 6.07) is 0. The van der Waals surface area contributed by atoms with E-state index in [1.807, 2.05) is 0 Å². The van der Waals surface area contributed by atoms with Crippen molar-refractivity contribution in [1.82, 2.24) is 4.98 Å². The molecule has 5 nitrogen and oxygen atoms in total. The molecule has 0 saturated carbocycles.